The average molecular weight is 181 g/mol. The van der Waals surface area contributed by atoms with Crippen LogP contribution in [0, 0.1) is 5.82 Å². The van der Waals surface area contributed by atoms with E-state index in [9.17, 15) is 4.39 Å². The van der Waals surface area contributed by atoms with E-state index in [0.717, 1.165) is 18.4 Å². The molecule has 0 heterocycles. The highest BCUT2D eigenvalue weighted by Gasteiger charge is 2.24. The van der Waals surface area contributed by atoms with Crippen molar-refractivity contribution in [1.29, 1.82) is 0 Å². The van der Waals surface area contributed by atoms with Crippen molar-refractivity contribution in [2.75, 3.05) is 0 Å². The molecule has 2 rings (SSSR count). The van der Waals surface area contributed by atoms with Crippen LogP contribution in [0.25, 0.3) is 0 Å². The molecule has 2 nitrogen and oxygen atoms in total. The van der Waals surface area contributed by atoms with Crippen molar-refractivity contribution >= 4 is 0 Å². The van der Waals surface area contributed by atoms with E-state index in [1.165, 1.54) is 12.1 Å². The van der Waals surface area contributed by atoms with Crippen LogP contribution in [0.1, 0.15) is 18.4 Å². The summed E-state index contributed by atoms with van der Waals surface area (Å²) >= 11 is 0. The van der Waals surface area contributed by atoms with E-state index < -0.39 is 0 Å². The Morgan fingerprint density at radius 1 is 1.46 bits per heavy atom. The van der Waals surface area contributed by atoms with Crippen LogP contribution in [0.5, 0.6) is 5.75 Å². The molecule has 13 heavy (non-hydrogen) atoms. The van der Waals surface area contributed by atoms with Gasteiger partial charge < -0.3 is 10.5 Å². The maximum Gasteiger partial charge on any atom is 0.127 e. The third kappa shape index (κ3) is 1.98. The molecule has 0 spiro atoms. The van der Waals surface area contributed by atoms with Crippen molar-refractivity contribution in [3.05, 3.63) is 29.6 Å². The lowest BCUT2D eigenvalue weighted by Crippen LogP contribution is -2.04. The summed E-state index contributed by atoms with van der Waals surface area (Å²) < 4.78 is 18.3. The number of nitrogens with two attached hydrogens (primary N) is 1. The molecular formula is C10H12FNO. The first kappa shape index (κ1) is 8.51. The Hall–Kier alpha value is -1.09. The van der Waals surface area contributed by atoms with E-state index in [4.69, 9.17) is 10.5 Å². The molecule has 3 heteroatoms. The second kappa shape index (κ2) is 3.34. The Kier molecular flexibility index (Phi) is 2.19. The van der Waals surface area contributed by atoms with Crippen molar-refractivity contribution in [2.24, 2.45) is 5.73 Å². The summed E-state index contributed by atoms with van der Waals surface area (Å²) in [6, 6.07) is 4.48. The van der Waals surface area contributed by atoms with Gasteiger partial charge >= 0.3 is 0 Å². The van der Waals surface area contributed by atoms with E-state index in [0.29, 0.717) is 12.3 Å². The van der Waals surface area contributed by atoms with Gasteiger partial charge in [0.1, 0.15) is 11.6 Å². The van der Waals surface area contributed by atoms with E-state index in [2.05, 4.69) is 0 Å². The Morgan fingerprint density at radius 3 is 2.85 bits per heavy atom. The molecule has 2 N–H and O–H groups in total. The number of hydrogen-bond acceptors (Lipinski definition) is 2. The second-order valence-corrected chi connectivity index (χ2v) is 3.27. The molecule has 1 fully saturated rings. The molecule has 0 atom stereocenters. The zero-order valence-electron chi connectivity index (χ0n) is 7.29. The van der Waals surface area contributed by atoms with E-state index in [-0.39, 0.29) is 11.9 Å². The van der Waals surface area contributed by atoms with Gasteiger partial charge in [0.15, 0.2) is 0 Å². The summed E-state index contributed by atoms with van der Waals surface area (Å²) in [6.07, 6.45) is 2.42. The summed E-state index contributed by atoms with van der Waals surface area (Å²) in [4.78, 5) is 0. The van der Waals surface area contributed by atoms with Crippen molar-refractivity contribution < 1.29 is 9.13 Å². The quantitative estimate of drug-likeness (QED) is 0.772. The first-order chi connectivity index (χ1) is 6.29. The minimum absolute atomic E-state index is 0.271. The minimum Gasteiger partial charge on any atom is -0.490 e. The maximum atomic E-state index is 12.8. The van der Waals surface area contributed by atoms with Crippen molar-refractivity contribution in [3.8, 4) is 5.75 Å². The summed E-state index contributed by atoms with van der Waals surface area (Å²) in [7, 11) is 0. The molecule has 1 aromatic carbocycles. The van der Waals surface area contributed by atoms with Crippen LogP contribution >= 0.6 is 0 Å². The third-order valence-corrected chi connectivity index (χ3v) is 2.07. The van der Waals surface area contributed by atoms with Crippen molar-refractivity contribution in [1.82, 2.24) is 0 Å². The first-order valence-corrected chi connectivity index (χ1v) is 4.45. The lowest BCUT2D eigenvalue weighted by Gasteiger charge is -2.08. The predicted octanol–water partition coefficient (Wildman–Crippen LogP) is 1.83. The lowest BCUT2D eigenvalue weighted by atomic mass is 10.2. The molecule has 0 unspecified atom stereocenters. The third-order valence-electron chi connectivity index (χ3n) is 2.07. The van der Waals surface area contributed by atoms with E-state index in [1.54, 1.807) is 6.07 Å². The summed E-state index contributed by atoms with van der Waals surface area (Å²) in [5.41, 5.74) is 6.36. The van der Waals surface area contributed by atoms with Crippen molar-refractivity contribution in [2.45, 2.75) is 25.5 Å². The van der Waals surface area contributed by atoms with Gasteiger partial charge in [-0.1, -0.05) is 6.07 Å². The molecule has 1 aromatic rings. The second-order valence-electron chi connectivity index (χ2n) is 3.27. The molecule has 0 aliphatic heterocycles. The molecule has 0 saturated heterocycles. The fourth-order valence-corrected chi connectivity index (χ4v) is 1.17. The SMILES string of the molecule is NCc1ccc(F)cc1OC1CC1. The zero-order valence-corrected chi connectivity index (χ0v) is 7.29. The Balaban J connectivity index is 2.22. The molecule has 1 aliphatic carbocycles. The highest BCUT2D eigenvalue weighted by molar-refractivity contribution is 5.34. The number of halogens is 1. The fraction of sp³-hybridized carbons (Fsp3) is 0.400. The number of benzene rings is 1. The Labute approximate surface area is 76.5 Å². The molecule has 1 aliphatic rings. The van der Waals surface area contributed by atoms with Crippen LogP contribution in [-0.4, -0.2) is 6.10 Å². The number of rotatable bonds is 3. The van der Waals surface area contributed by atoms with E-state index in [1.807, 2.05) is 0 Å². The van der Waals surface area contributed by atoms with Gasteiger partial charge in [-0.2, -0.15) is 0 Å². The molecule has 70 valence electrons. The molecule has 0 aromatic heterocycles. The van der Waals surface area contributed by atoms with Crippen LogP contribution in [0.3, 0.4) is 0 Å². The van der Waals surface area contributed by atoms with Gasteiger partial charge in [-0.15, -0.1) is 0 Å². The Bertz CT molecular complexity index is 310. The van der Waals surface area contributed by atoms with Crippen LogP contribution in [0.15, 0.2) is 18.2 Å². The smallest absolute Gasteiger partial charge is 0.127 e. The molecule has 0 amide bonds. The van der Waals surface area contributed by atoms with E-state index >= 15 is 0 Å². The molecule has 1 saturated carbocycles. The van der Waals surface area contributed by atoms with Crippen molar-refractivity contribution in [3.63, 3.8) is 0 Å². The predicted molar refractivity (Wildman–Crippen MR) is 47.9 cm³/mol. The Morgan fingerprint density at radius 2 is 2.23 bits per heavy atom. The van der Waals surface area contributed by atoms with Gasteiger partial charge in [0.25, 0.3) is 0 Å². The van der Waals surface area contributed by atoms with Crippen LogP contribution in [0.4, 0.5) is 4.39 Å². The summed E-state index contributed by atoms with van der Waals surface area (Å²) in [5.74, 6) is 0.331. The van der Waals surface area contributed by atoms with Crippen LogP contribution < -0.4 is 10.5 Å². The zero-order chi connectivity index (χ0) is 9.26. The molecular weight excluding hydrogens is 169 g/mol. The molecule has 0 radical (unpaired) electrons. The van der Waals surface area contributed by atoms with Gasteiger partial charge in [0, 0.05) is 18.2 Å². The average Bonchev–Trinajstić information content (AvgIpc) is 2.89. The molecule has 0 bridgehead atoms. The fourth-order valence-electron chi connectivity index (χ4n) is 1.17. The topological polar surface area (TPSA) is 35.2 Å². The largest absolute Gasteiger partial charge is 0.490 e. The first-order valence-electron chi connectivity index (χ1n) is 4.45. The van der Waals surface area contributed by atoms with Gasteiger partial charge in [0.2, 0.25) is 0 Å². The maximum absolute atomic E-state index is 12.8. The summed E-state index contributed by atoms with van der Waals surface area (Å²) in [6.45, 7) is 0.391. The van der Waals surface area contributed by atoms with Gasteiger partial charge in [-0.05, 0) is 18.9 Å². The van der Waals surface area contributed by atoms with Crippen LogP contribution in [-0.2, 0) is 6.54 Å². The number of hydrogen-bond donors (Lipinski definition) is 1. The summed E-state index contributed by atoms with van der Waals surface area (Å²) in [5, 5.41) is 0. The minimum atomic E-state index is -0.271. The lowest BCUT2D eigenvalue weighted by molar-refractivity contribution is 0.298. The monoisotopic (exact) mass is 181 g/mol. The van der Waals surface area contributed by atoms with Gasteiger partial charge in [0.05, 0.1) is 6.10 Å². The highest BCUT2D eigenvalue weighted by Crippen LogP contribution is 2.29. The van der Waals surface area contributed by atoms with Gasteiger partial charge in [-0.3, -0.25) is 0 Å². The van der Waals surface area contributed by atoms with Crippen LogP contribution in [0.2, 0.25) is 0 Å². The highest BCUT2D eigenvalue weighted by atomic mass is 19.1. The number of ether oxygens (including phenoxy) is 1. The normalized spacial score (nSPS) is 15.8. The standard InChI is InChI=1S/C10H12FNO/c11-8-2-1-7(6-12)10(5-8)13-9-3-4-9/h1-2,5,9H,3-4,6,12H2. The van der Waals surface area contributed by atoms with Gasteiger partial charge in [-0.25, -0.2) is 4.39 Å².